The molecule has 0 N–H and O–H groups in total. The molecule has 0 fully saturated rings. The maximum atomic E-state index is 12.2. The number of hydrogen-bond donors (Lipinski definition) is 0. The molecule has 0 aliphatic carbocycles. The average molecular weight is 619 g/mol. The number of hydrogen-bond acceptors (Lipinski definition) is 10. The Morgan fingerprint density at radius 3 is 1.05 bits per heavy atom. The van der Waals surface area contributed by atoms with Crippen LogP contribution in [0.3, 0.4) is 0 Å². The molecule has 0 bridgehead atoms. The molecule has 0 radical (unpaired) electrons. The van der Waals surface area contributed by atoms with Gasteiger partial charge in [0, 0.05) is 12.3 Å². The molecular weight excluding hydrogens is 566 g/mol. The van der Waals surface area contributed by atoms with Crippen LogP contribution >= 0.6 is 13.0 Å². The minimum absolute atomic E-state index is 0.159. The Balaban J connectivity index is 4.27. The summed E-state index contributed by atoms with van der Waals surface area (Å²) in [6.45, 7) is 13.9. The lowest BCUT2D eigenvalue weighted by atomic mass is 10.2. The molecule has 0 spiro atoms. The van der Waals surface area contributed by atoms with Gasteiger partial charge in [-0.3, -0.25) is 9.59 Å². The predicted molar refractivity (Wildman–Crippen MR) is 162 cm³/mol. The fraction of sp³-hybridized carbons (Fsp3) is 0.923. The molecular formula is C26H52O8P2S2. The van der Waals surface area contributed by atoms with Crippen LogP contribution in [-0.4, -0.2) is 63.9 Å². The van der Waals surface area contributed by atoms with Crippen LogP contribution in [0.2, 0.25) is 0 Å². The van der Waals surface area contributed by atoms with Gasteiger partial charge in [-0.25, -0.2) is 0 Å². The third-order valence-electron chi connectivity index (χ3n) is 4.66. The van der Waals surface area contributed by atoms with E-state index in [9.17, 15) is 9.59 Å². The van der Waals surface area contributed by atoms with Crippen molar-refractivity contribution in [2.75, 3.05) is 52.0 Å². The lowest BCUT2D eigenvalue weighted by Crippen LogP contribution is -2.14. The van der Waals surface area contributed by atoms with Gasteiger partial charge in [-0.15, -0.1) is 0 Å². The molecule has 0 amide bonds. The fourth-order valence-electron chi connectivity index (χ4n) is 2.56. The van der Waals surface area contributed by atoms with Crippen LogP contribution in [0, 0.1) is 23.7 Å². The van der Waals surface area contributed by atoms with E-state index >= 15 is 0 Å². The summed E-state index contributed by atoms with van der Waals surface area (Å²) in [5, 5.41) is 0. The van der Waals surface area contributed by atoms with Gasteiger partial charge in [0.2, 0.25) is 0 Å². The first-order chi connectivity index (χ1) is 17.7. The van der Waals surface area contributed by atoms with Crippen LogP contribution in [-0.2, 0) is 60.8 Å². The van der Waals surface area contributed by atoms with Gasteiger partial charge in [-0.05, 0) is 60.1 Å². The fourth-order valence-corrected chi connectivity index (χ4v) is 7.52. The highest BCUT2D eigenvalue weighted by Gasteiger charge is 2.23. The van der Waals surface area contributed by atoms with Gasteiger partial charge < -0.3 is 27.6 Å². The third-order valence-corrected chi connectivity index (χ3v) is 10.7. The van der Waals surface area contributed by atoms with Crippen LogP contribution < -0.4 is 0 Å². The molecule has 0 unspecified atom stereocenters. The van der Waals surface area contributed by atoms with Crippen molar-refractivity contribution in [1.29, 1.82) is 0 Å². The van der Waals surface area contributed by atoms with Gasteiger partial charge in [0.05, 0.1) is 52.5 Å². The van der Waals surface area contributed by atoms with E-state index in [1.165, 1.54) is 0 Å². The molecule has 0 aromatic heterocycles. The van der Waals surface area contributed by atoms with E-state index in [-0.39, 0.29) is 38.0 Å². The second-order valence-corrected chi connectivity index (χ2v) is 18.8. The van der Waals surface area contributed by atoms with Gasteiger partial charge in [-0.1, -0.05) is 55.4 Å². The van der Waals surface area contributed by atoms with Gasteiger partial charge in [-0.2, -0.15) is 0 Å². The zero-order valence-electron chi connectivity index (χ0n) is 24.8. The molecule has 0 atom stereocenters. The van der Waals surface area contributed by atoms with Crippen molar-refractivity contribution in [3.8, 4) is 0 Å². The lowest BCUT2D eigenvalue weighted by molar-refractivity contribution is -0.145. The Hall–Kier alpha value is 0.0800. The number of unbranched alkanes of at least 4 members (excludes halogenated alkanes) is 1. The number of rotatable bonds is 23. The van der Waals surface area contributed by atoms with Crippen molar-refractivity contribution in [2.45, 2.75) is 81.1 Å². The predicted octanol–water partition coefficient (Wildman–Crippen LogP) is 6.94. The Morgan fingerprint density at radius 2 is 0.816 bits per heavy atom. The summed E-state index contributed by atoms with van der Waals surface area (Å²) < 4.78 is 34.2. The summed E-state index contributed by atoms with van der Waals surface area (Å²) in [7, 11) is 0. The molecule has 0 aromatic rings. The number of carbonyl (C=O) groups excluding carboxylic acids is 2. The minimum atomic E-state index is -2.53. The Morgan fingerprint density at radius 1 is 0.553 bits per heavy atom. The molecule has 226 valence electrons. The Kier molecular flexibility index (Phi) is 20.9. The molecule has 0 aliphatic heterocycles. The summed E-state index contributed by atoms with van der Waals surface area (Å²) in [5.74, 6) is 0.671. The minimum Gasteiger partial charge on any atom is -0.466 e. The maximum Gasteiger partial charge on any atom is 0.306 e. The van der Waals surface area contributed by atoms with Gasteiger partial charge in [0.25, 0.3) is 0 Å². The normalized spacial score (nSPS) is 12.6. The second kappa shape index (κ2) is 20.9. The highest BCUT2D eigenvalue weighted by molar-refractivity contribution is 8.10. The average Bonchev–Trinajstić information content (AvgIpc) is 2.83. The van der Waals surface area contributed by atoms with E-state index in [2.05, 4.69) is 0 Å². The van der Waals surface area contributed by atoms with E-state index < -0.39 is 13.0 Å². The summed E-state index contributed by atoms with van der Waals surface area (Å²) in [6.07, 6.45) is 2.21. The zero-order valence-corrected chi connectivity index (χ0v) is 28.2. The molecule has 12 heteroatoms. The van der Waals surface area contributed by atoms with Crippen molar-refractivity contribution < 1.29 is 37.2 Å². The van der Waals surface area contributed by atoms with E-state index in [0.717, 1.165) is 0 Å². The molecule has 0 aromatic carbocycles. The molecule has 0 aliphatic rings. The van der Waals surface area contributed by atoms with Gasteiger partial charge >= 0.3 is 11.9 Å². The van der Waals surface area contributed by atoms with E-state index in [4.69, 9.17) is 51.2 Å². The largest absolute Gasteiger partial charge is 0.466 e. The highest BCUT2D eigenvalue weighted by atomic mass is 32.5. The monoisotopic (exact) mass is 618 g/mol. The van der Waals surface area contributed by atoms with E-state index in [1.54, 1.807) is 0 Å². The second-order valence-electron chi connectivity index (χ2n) is 11.1. The van der Waals surface area contributed by atoms with Gasteiger partial charge in [0.15, 0.2) is 13.0 Å². The smallest absolute Gasteiger partial charge is 0.306 e. The van der Waals surface area contributed by atoms with Crippen molar-refractivity contribution in [1.82, 2.24) is 0 Å². The summed E-state index contributed by atoms with van der Waals surface area (Å²) >= 11 is 11.3. The maximum absolute atomic E-state index is 12.2. The van der Waals surface area contributed by atoms with Crippen LogP contribution in [0.5, 0.6) is 0 Å². The Bertz CT molecular complexity index is 666. The number of ether oxygens (including phenoxy) is 2. The molecule has 0 heterocycles. The van der Waals surface area contributed by atoms with E-state index in [1.807, 2.05) is 55.4 Å². The lowest BCUT2D eigenvalue weighted by Gasteiger charge is -2.24. The van der Waals surface area contributed by atoms with Crippen LogP contribution in [0.1, 0.15) is 81.1 Å². The number of carbonyl (C=O) groups is 2. The van der Waals surface area contributed by atoms with Crippen LogP contribution in [0.15, 0.2) is 0 Å². The molecule has 0 saturated heterocycles. The van der Waals surface area contributed by atoms with Crippen molar-refractivity contribution in [2.24, 2.45) is 23.7 Å². The quantitative estimate of drug-likeness (QED) is 0.0681. The first kappa shape index (κ1) is 38.1. The van der Waals surface area contributed by atoms with Crippen molar-refractivity contribution in [3.05, 3.63) is 0 Å². The van der Waals surface area contributed by atoms with Crippen molar-refractivity contribution in [3.63, 3.8) is 0 Å². The first-order valence-electron chi connectivity index (χ1n) is 13.7. The number of esters is 2. The third kappa shape index (κ3) is 21.8. The zero-order chi connectivity index (χ0) is 29.2. The molecule has 0 rings (SSSR count). The molecule has 38 heavy (non-hydrogen) atoms. The standard InChI is InChI=1S/C26H52O8P2S2/c1-21(2)17-31-35(37,32-18-22(3)4)15-11-25(27)29-13-9-10-14-30-26(28)12-16-36(38,33-19-23(5)6)34-20-24(7)8/h21-24H,9-20H2,1-8H3. The van der Waals surface area contributed by atoms with Crippen LogP contribution in [0.4, 0.5) is 0 Å². The van der Waals surface area contributed by atoms with Crippen LogP contribution in [0.25, 0.3) is 0 Å². The van der Waals surface area contributed by atoms with E-state index in [0.29, 0.717) is 75.3 Å². The summed E-state index contributed by atoms with van der Waals surface area (Å²) in [5.41, 5.74) is 0. The highest BCUT2D eigenvalue weighted by Crippen LogP contribution is 2.50. The molecule has 8 nitrogen and oxygen atoms in total. The van der Waals surface area contributed by atoms with Crippen molar-refractivity contribution >= 4 is 48.5 Å². The summed E-state index contributed by atoms with van der Waals surface area (Å²) in [4.78, 5) is 24.4. The first-order valence-corrected chi connectivity index (χ1v) is 19.4. The van der Waals surface area contributed by atoms with Gasteiger partial charge in [0.1, 0.15) is 0 Å². The summed E-state index contributed by atoms with van der Waals surface area (Å²) in [6, 6.07) is 0. The SMILES string of the molecule is CC(C)COP(=S)(CCC(=O)OCCCCOC(=O)CCP(=S)(OCC(C)C)OCC(C)C)OCC(C)C. The molecule has 0 saturated carbocycles. The topological polar surface area (TPSA) is 89.5 Å². The Labute approximate surface area is 241 Å².